The van der Waals surface area contributed by atoms with Gasteiger partial charge in [0.25, 0.3) is 0 Å². The molecule has 1 unspecified atom stereocenters. The predicted molar refractivity (Wildman–Crippen MR) is 60.8 cm³/mol. The molecule has 16 heavy (non-hydrogen) atoms. The number of hydrogen-bond donors (Lipinski definition) is 2. The number of phenols is 1. The van der Waals surface area contributed by atoms with Gasteiger partial charge in [0.1, 0.15) is 11.8 Å². The molecule has 0 saturated carbocycles. The van der Waals surface area contributed by atoms with Gasteiger partial charge in [-0.25, -0.2) is 0 Å². The highest BCUT2D eigenvalue weighted by Gasteiger charge is 2.27. The number of phenolic OH excluding ortho intramolecular Hbond substituents is 1. The quantitative estimate of drug-likeness (QED) is 0.799. The number of amides is 1. The highest BCUT2D eigenvalue weighted by atomic mass is 16.3. The Hall–Kier alpha value is -1.55. The zero-order valence-electron chi connectivity index (χ0n) is 9.10. The van der Waals surface area contributed by atoms with Gasteiger partial charge in [0.2, 0.25) is 5.91 Å². The van der Waals surface area contributed by atoms with Crippen molar-refractivity contribution in [2.75, 3.05) is 13.1 Å². The van der Waals surface area contributed by atoms with E-state index >= 15 is 0 Å². The third-order valence-corrected chi connectivity index (χ3v) is 2.96. The molecule has 0 bridgehead atoms. The summed E-state index contributed by atoms with van der Waals surface area (Å²) >= 11 is 0. The molecule has 4 heteroatoms. The van der Waals surface area contributed by atoms with E-state index in [1.165, 1.54) is 0 Å². The molecule has 0 radical (unpaired) electrons. The van der Waals surface area contributed by atoms with Crippen LogP contribution < -0.4 is 5.73 Å². The lowest BCUT2D eigenvalue weighted by Gasteiger charge is -2.24. The summed E-state index contributed by atoms with van der Waals surface area (Å²) in [5.41, 5.74) is 6.21. The summed E-state index contributed by atoms with van der Waals surface area (Å²) in [6.07, 6.45) is 2.20. The molecule has 1 aromatic rings. The van der Waals surface area contributed by atoms with Gasteiger partial charge in [-0.2, -0.15) is 0 Å². The fourth-order valence-electron chi connectivity index (χ4n) is 2.25. The number of carbonyl (C=O) groups is 1. The molecule has 1 saturated heterocycles. The van der Waals surface area contributed by atoms with Crippen LogP contribution in [-0.2, 0) is 4.79 Å². The molecule has 1 fully saturated rings. The molecule has 1 aromatic carbocycles. The Balaban J connectivity index is 2.28. The number of hydrogen-bond acceptors (Lipinski definition) is 3. The summed E-state index contributed by atoms with van der Waals surface area (Å²) in [6.45, 7) is 1.78. The number of nitrogens with zero attached hydrogens (tertiary/aromatic N) is 1. The van der Waals surface area contributed by atoms with Crippen molar-refractivity contribution in [2.45, 2.75) is 18.9 Å². The molecule has 1 heterocycles. The minimum Gasteiger partial charge on any atom is -0.508 e. The van der Waals surface area contributed by atoms with Gasteiger partial charge in [0, 0.05) is 0 Å². The third kappa shape index (κ3) is 2.17. The SMILES string of the molecule is NC(=O)C(c1cccc(O)c1)N1CCCC1. The van der Waals surface area contributed by atoms with Crippen LogP contribution in [0.3, 0.4) is 0 Å². The number of carbonyl (C=O) groups excluding carboxylic acids is 1. The minimum absolute atomic E-state index is 0.169. The van der Waals surface area contributed by atoms with Gasteiger partial charge < -0.3 is 10.8 Å². The van der Waals surface area contributed by atoms with E-state index in [2.05, 4.69) is 4.90 Å². The molecule has 4 nitrogen and oxygen atoms in total. The summed E-state index contributed by atoms with van der Waals surface area (Å²) in [5, 5.41) is 9.42. The van der Waals surface area contributed by atoms with Gasteiger partial charge >= 0.3 is 0 Å². The first-order valence-corrected chi connectivity index (χ1v) is 5.51. The Kier molecular flexibility index (Phi) is 3.10. The fraction of sp³-hybridized carbons (Fsp3) is 0.417. The van der Waals surface area contributed by atoms with Crippen LogP contribution in [0, 0.1) is 0 Å². The average Bonchev–Trinajstić information content (AvgIpc) is 2.71. The molecule has 3 N–H and O–H groups in total. The van der Waals surface area contributed by atoms with Gasteiger partial charge in [0.05, 0.1) is 0 Å². The zero-order valence-corrected chi connectivity index (χ0v) is 9.10. The van der Waals surface area contributed by atoms with Gasteiger partial charge in [-0.15, -0.1) is 0 Å². The summed E-state index contributed by atoms with van der Waals surface area (Å²) in [6, 6.07) is 6.35. The topological polar surface area (TPSA) is 66.6 Å². The van der Waals surface area contributed by atoms with Gasteiger partial charge in [0.15, 0.2) is 0 Å². The van der Waals surface area contributed by atoms with E-state index in [1.807, 2.05) is 6.07 Å². The maximum Gasteiger partial charge on any atom is 0.239 e. The normalized spacial score (nSPS) is 18.5. The van der Waals surface area contributed by atoms with E-state index < -0.39 is 6.04 Å². The third-order valence-electron chi connectivity index (χ3n) is 2.96. The lowest BCUT2D eigenvalue weighted by molar-refractivity contribution is -0.123. The molecule has 1 aliphatic heterocycles. The van der Waals surface area contributed by atoms with E-state index in [4.69, 9.17) is 5.73 Å². The highest BCUT2D eigenvalue weighted by Crippen LogP contribution is 2.26. The van der Waals surface area contributed by atoms with Crippen molar-refractivity contribution in [3.05, 3.63) is 29.8 Å². The van der Waals surface area contributed by atoms with E-state index in [0.29, 0.717) is 0 Å². The first-order valence-electron chi connectivity index (χ1n) is 5.51. The van der Waals surface area contributed by atoms with E-state index in [9.17, 15) is 9.90 Å². The summed E-state index contributed by atoms with van der Waals surface area (Å²) in [4.78, 5) is 13.6. The second-order valence-electron chi connectivity index (χ2n) is 4.14. The summed E-state index contributed by atoms with van der Waals surface area (Å²) < 4.78 is 0. The molecule has 1 amide bonds. The molecular weight excluding hydrogens is 204 g/mol. The maximum absolute atomic E-state index is 11.5. The van der Waals surface area contributed by atoms with Gasteiger partial charge in [-0.05, 0) is 43.6 Å². The summed E-state index contributed by atoms with van der Waals surface area (Å²) in [7, 11) is 0. The van der Waals surface area contributed by atoms with E-state index in [-0.39, 0.29) is 11.7 Å². The average molecular weight is 220 g/mol. The molecule has 0 aromatic heterocycles. The first-order chi connectivity index (χ1) is 7.68. The number of rotatable bonds is 3. The Bertz CT molecular complexity index is 386. The lowest BCUT2D eigenvalue weighted by Crippen LogP contribution is -2.35. The lowest BCUT2D eigenvalue weighted by atomic mass is 10.0. The van der Waals surface area contributed by atoms with Crippen LogP contribution in [0.25, 0.3) is 0 Å². The Labute approximate surface area is 94.7 Å². The smallest absolute Gasteiger partial charge is 0.239 e. The van der Waals surface area contributed by atoms with Crippen LogP contribution in [0.4, 0.5) is 0 Å². The number of primary amides is 1. The minimum atomic E-state index is -0.408. The molecule has 2 rings (SSSR count). The second-order valence-corrected chi connectivity index (χ2v) is 4.14. The van der Waals surface area contributed by atoms with Crippen molar-refractivity contribution in [2.24, 2.45) is 5.73 Å². The summed E-state index contributed by atoms with van der Waals surface area (Å²) in [5.74, 6) is -0.185. The van der Waals surface area contributed by atoms with Crippen molar-refractivity contribution < 1.29 is 9.90 Å². The van der Waals surface area contributed by atoms with Crippen LogP contribution >= 0.6 is 0 Å². The van der Waals surface area contributed by atoms with Crippen molar-refractivity contribution in [3.8, 4) is 5.75 Å². The van der Waals surface area contributed by atoms with E-state index in [1.54, 1.807) is 18.2 Å². The second kappa shape index (κ2) is 4.53. The van der Waals surface area contributed by atoms with Crippen LogP contribution in [-0.4, -0.2) is 29.0 Å². The fourth-order valence-corrected chi connectivity index (χ4v) is 2.25. The van der Waals surface area contributed by atoms with Crippen LogP contribution in [0.2, 0.25) is 0 Å². The Morgan fingerprint density at radius 3 is 2.62 bits per heavy atom. The molecule has 1 atom stereocenters. The Morgan fingerprint density at radius 1 is 1.38 bits per heavy atom. The number of aromatic hydroxyl groups is 1. The van der Waals surface area contributed by atoms with Crippen LogP contribution in [0.1, 0.15) is 24.4 Å². The zero-order chi connectivity index (χ0) is 11.5. The van der Waals surface area contributed by atoms with E-state index in [0.717, 1.165) is 31.5 Å². The molecular formula is C12H16N2O2. The molecule has 86 valence electrons. The van der Waals surface area contributed by atoms with Gasteiger partial charge in [-0.1, -0.05) is 12.1 Å². The molecule has 1 aliphatic rings. The predicted octanol–water partition coefficient (Wildman–Crippen LogP) is 1.01. The highest BCUT2D eigenvalue weighted by molar-refractivity contribution is 5.81. The monoisotopic (exact) mass is 220 g/mol. The first kappa shape index (κ1) is 11.0. The molecule has 0 aliphatic carbocycles. The van der Waals surface area contributed by atoms with Crippen molar-refractivity contribution in [1.82, 2.24) is 4.90 Å². The van der Waals surface area contributed by atoms with Crippen LogP contribution in [0.15, 0.2) is 24.3 Å². The largest absolute Gasteiger partial charge is 0.508 e. The van der Waals surface area contributed by atoms with Crippen molar-refractivity contribution in [3.63, 3.8) is 0 Å². The van der Waals surface area contributed by atoms with Crippen LogP contribution in [0.5, 0.6) is 5.75 Å². The van der Waals surface area contributed by atoms with Crippen molar-refractivity contribution >= 4 is 5.91 Å². The maximum atomic E-state index is 11.5. The van der Waals surface area contributed by atoms with Gasteiger partial charge in [-0.3, -0.25) is 9.69 Å². The van der Waals surface area contributed by atoms with Crippen molar-refractivity contribution in [1.29, 1.82) is 0 Å². The number of nitrogens with two attached hydrogens (primary N) is 1. The Morgan fingerprint density at radius 2 is 2.06 bits per heavy atom. The number of benzene rings is 1. The number of likely N-dealkylation sites (tertiary alicyclic amines) is 1. The molecule has 0 spiro atoms. The standard InChI is InChI=1S/C12H16N2O2/c13-12(16)11(14-6-1-2-7-14)9-4-3-5-10(15)8-9/h3-5,8,11,15H,1-2,6-7H2,(H2,13,16).